The second-order valence-corrected chi connectivity index (χ2v) is 7.18. The van der Waals surface area contributed by atoms with Gasteiger partial charge in [0.05, 0.1) is 17.1 Å². The quantitative estimate of drug-likeness (QED) is 0.648. The number of fused-ring (bicyclic) bond motifs is 1. The average Bonchev–Trinajstić information content (AvgIpc) is 3.15. The molecule has 2 aromatic heterocycles. The number of piperidine rings is 1. The van der Waals surface area contributed by atoms with Crippen molar-refractivity contribution in [3.05, 3.63) is 42.1 Å². The van der Waals surface area contributed by atoms with E-state index in [0.29, 0.717) is 37.0 Å². The van der Waals surface area contributed by atoms with Gasteiger partial charge in [0.25, 0.3) is 0 Å². The number of hydrogen-bond acceptors (Lipinski definition) is 5. The Morgan fingerprint density at radius 3 is 2.72 bits per heavy atom. The number of alkyl halides is 4. The van der Waals surface area contributed by atoms with Crippen molar-refractivity contribution in [1.82, 2.24) is 19.5 Å². The van der Waals surface area contributed by atoms with Crippen LogP contribution in [0.5, 0.6) is 5.75 Å². The van der Waals surface area contributed by atoms with Crippen molar-refractivity contribution in [2.45, 2.75) is 24.8 Å². The summed E-state index contributed by atoms with van der Waals surface area (Å²) in [6.45, 7) is 1.18. The van der Waals surface area contributed by atoms with Gasteiger partial charge in [0.2, 0.25) is 5.95 Å². The number of nitrogens with zero attached hydrogens (tertiary/aromatic N) is 4. The molecule has 1 aromatic carbocycles. The molecule has 1 saturated heterocycles. The minimum Gasteiger partial charge on any atom is -0.507 e. The Kier molecular flexibility index (Phi) is 4.81. The molecule has 10 heteroatoms. The zero-order valence-corrected chi connectivity index (χ0v) is 15.5. The number of likely N-dealkylation sites (tertiary alicyclic amines) is 1. The summed E-state index contributed by atoms with van der Waals surface area (Å²) in [6.07, 6.45) is -3.49. The van der Waals surface area contributed by atoms with Crippen LogP contribution in [0.2, 0.25) is 0 Å². The Labute approximate surface area is 163 Å². The van der Waals surface area contributed by atoms with Gasteiger partial charge >= 0.3 is 6.18 Å². The van der Waals surface area contributed by atoms with Gasteiger partial charge < -0.3 is 15.3 Å². The lowest BCUT2D eigenvalue weighted by Crippen LogP contribution is -2.47. The van der Waals surface area contributed by atoms with Crippen molar-refractivity contribution in [3.8, 4) is 17.0 Å². The Balaban J connectivity index is 1.70. The normalized spacial score (nSPS) is 20.9. The minimum atomic E-state index is -4.56. The lowest BCUT2D eigenvalue weighted by atomic mass is 10.0. The first-order chi connectivity index (χ1) is 13.7. The van der Waals surface area contributed by atoms with Crippen LogP contribution in [0.15, 0.2) is 36.5 Å². The maximum Gasteiger partial charge on any atom is 0.416 e. The van der Waals surface area contributed by atoms with Gasteiger partial charge in [-0.25, -0.2) is 4.39 Å². The molecule has 29 heavy (non-hydrogen) atoms. The van der Waals surface area contributed by atoms with Gasteiger partial charge in [0.15, 0.2) is 0 Å². The molecule has 2 N–H and O–H groups in total. The number of hydrogen-bond donors (Lipinski definition) is 2. The fraction of sp³-hybridized carbons (Fsp3) is 0.368. The molecule has 1 aliphatic rings. The van der Waals surface area contributed by atoms with Crippen molar-refractivity contribution < 1.29 is 22.7 Å². The van der Waals surface area contributed by atoms with Crippen LogP contribution in [0.3, 0.4) is 0 Å². The maximum absolute atomic E-state index is 14.3. The number of halogens is 4. The molecule has 0 spiro atoms. The molecule has 0 unspecified atom stereocenters. The summed E-state index contributed by atoms with van der Waals surface area (Å²) < 4.78 is 54.5. The largest absolute Gasteiger partial charge is 0.507 e. The van der Waals surface area contributed by atoms with E-state index in [9.17, 15) is 22.7 Å². The SMILES string of the molecule is CN1CC[C@H](F)[C@@H](Nc2nnc(-c3ccc(C(F)(F)F)cc3O)c3cccn23)C1. The number of aromatic nitrogens is 3. The molecule has 0 amide bonds. The summed E-state index contributed by atoms with van der Waals surface area (Å²) in [6, 6.07) is 5.66. The molecule has 0 aliphatic carbocycles. The van der Waals surface area contributed by atoms with E-state index < -0.39 is 29.7 Å². The number of aromatic hydroxyl groups is 1. The van der Waals surface area contributed by atoms with Crippen LogP contribution in [0.4, 0.5) is 23.5 Å². The van der Waals surface area contributed by atoms with E-state index in [-0.39, 0.29) is 11.3 Å². The van der Waals surface area contributed by atoms with E-state index >= 15 is 0 Å². The van der Waals surface area contributed by atoms with Crippen LogP contribution in [-0.2, 0) is 6.18 Å². The molecule has 3 aromatic rings. The van der Waals surface area contributed by atoms with Crippen molar-refractivity contribution in [3.63, 3.8) is 0 Å². The molecule has 154 valence electrons. The third-order valence-electron chi connectivity index (χ3n) is 5.09. The van der Waals surface area contributed by atoms with Crippen LogP contribution in [0.1, 0.15) is 12.0 Å². The molecule has 2 atom stereocenters. The van der Waals surface area contributed by atoms with Crippen LogP contribution in [0.25, 0.3) is 16.8 Å². The predicted octanol–water partition coefficient (Wildman–Crippen LogP) is 3.57. The second kappa shape index (κ2) is 7.18. The van der Waals surface area contributed by atoms with Crippen molar-refractivity contribution in [2.24, 2.45) is 0 Å². The van der Waals surface area contributed by atoms with Gasteiger partial charge in [-0.3, -0.25) is 4.40 Å². The summed E-state index contributed by atoms with van der Waals surface area (Å²) in [7, 11) is 1.91. The average molecular weight is 409 g/mol. The lowest BCUT2D eigenvalue weighted by Gasteiger charge is -2.33. The Hall–Kier alpha value is -2.88. The van der Waals surface area contributed by atoms with Crippen LogP contribution in [0, 0.1) is 0 Å². The second-order valence-electron chi connectivity index (χ2n) is 7.18. The molecule has 1 fully saturated rings. The van der Waals surface area contributed by atoms with Crippen LogP contribution < -0.4 is 5.32 Å². The first-order valence-electron chi connectivity index (χ1n) is 9.07. The summed E-state index contributed by atoms with van der Waals surface area (Å²) >= 11 is 0. The first-order valence-corrected chi connectivity index (χ1v) is 9.07. The smallest absolute Gasteiger partial charge is 0.416 e. The number of phenolic OH excluding ortho intramolecular Hbond substituents is 1. The van der Waals surface area contributed by atoms with E-state index in [1.165, 1.54) is 0 Å². The highest BCUT2D eigenvalue weighted by molar-refractivity contribution is 5.81. The summed E-state index contributed by atoms with van der Waals surface area (Å²) in [5, 5.41) is 21.4. The van der Waals surface area contributed by atoms with E-state index in [1.54, 1.807) is 22.7 Å². The fourth-order valence-corrected chi connectivity index (χ4v) is 3.54. The highest BCUT2D eigenvalue weighted by Crippen LogP contribution is 2.37. The number of rotatable bonds is 3. The number of likely N-dealkylation sites (N-methyl/N-ethyl adjacent to an activating group) is 1. The molecule has 0 radical (unpaired) electrons. The number of anilines is 1. The van der Waals surface area contributed by atoms with Crippen LogP contribution in [-0.4, -0.2) is 57.0 Å². The van der Waals surface area contributed by atoms with E-state index in [1.807, 2.05) is 11.9 Å². The third-order valence-corrected chi connectivity index (χ3v) is 5.09. The fourth-order valence-electron chi connectivity index (χ4n) is 3.54. The summed E-state index contributed by atoms with van der Waals surface area (Å²) in [4.78, 5) is 2.02. The summed E-state index contributed by atoms with van der Waals surface area (Å²) in [5.74, 6) is -0.223. The molecule has 0 saturated carbocycles. The lowest BCUT2D eigenvalue weighted by molar-refractivity contribution is -0.137. The Bertz CT molecular complexity index is 1040. The molecular weight excluding hydrogens is 390 g/mol. The van der Waals surface area contributed by atoms with Gasteiger partial charge in [-0.2, -0.15) is 13.2 Å². The Morgan fingerprint density at radius 1 is 1.21 bits per heavy atom. The highest BCUT2D eigenvalue weighted by Gasteiger charge is 2.32. The molecule has 3 heterocycles. The molecule has 6 nitrogen and oxygen atoms in total. The van der Waals surface area contributed by atoms with Crippen molar-refractivity contribution in [2.75, 3.05) is 25.5 Å². The van der Waals surface area contributed by atoms with Gasteiger partial charge in [0, 0.05) is 24.8 Å². The molecule has 4 rings (SSSR count). The van der Waals surface area contributed by atoms with E-state index in [2.05, 4.69) is 15.5 Å². The van der Waals surface area contributed by atoms with Crippen molar-refractivity contribution >= 4 is 11.5 Å². The van der Waals surface area contributed by atoms with Gasteiger partial charge in [-0.05, 0) is 43.8 Å². The molecule has 1 aliphatic heterocycles. The van der Waals surface area contributed by atoms with Gasteiger partial charge in [0.1, 0.15) is 17.6 Å². The van der Waals surface area contributed by atoms with E-state index in [0.717, 1.165) is 12.1 Å². The molecule has 0 bridgehead atoms. The predicted molar refractivity (Wildman–Crippen MR) is 99.5 cm³/mol. The van der Waals surface area contributed by atoms with Crippen LogP contribution >= 0.6 is 0 Å². The summed E-state index contributed by atoms with van der Waals surface area (Å²) in [5.41, 5.74) is -0.0743. The number of benzene rings is 1. The third kappa shape index (κ3) is 3.71. The number of nitrogens with one attached hydrogen (secondary N) is 1. The number of phenols is 1. The topological polar surface area (TPSA) is 65.7 Å². The first kappa shape index (κ1) is 19.4. The zero-order chi connectivity index (χ0) is 20.8. The highest BCUT2D eigenvalue weighted by atomic mass is 19.4. The zero-order valence-electron chi connectivity index (χ0n) is 15.5. The monoisotopic (exact) mass is 409 g/mol. The van der Waals surface area contributed by atoms with Gasteiger partial charge in [-0.15, -0.1) is 10.2 Å². The standard InChI is InChI=1S/C19H19F4N5O/c1-27-8-6-13(20)14(10-27)24-18-26-25-17(15-3-2-7-28(15)18)12-5-4-11(9-16(12)29)19(21,22)23/h2-5,7,9,13-14,29H,6,8,10H2,1H3,(H,24,26)/t13-,14-/m0/s1. The van der Waals surface area contributed by atoms with Crippen molar-refractivity contribution in [1.29, 1.82) is 0 Å². The van der Waals surface area contributed by atoms with E-state index in [4.69, 9.17) is 0 Å². The minimum absolute atomic E-state index is 0.126. The van der Waals surface area contributed by atoms with Gasteiger partial charge in [-0.1, -0.05) is 0 Å². The molecular formula is C19H19F4N5O. The maximum atomic E-state index is 14.3. The Morgan fingerprint density at radius 2 is 2.00 bits per heavy atom.